The Hall–Kier alpha value is -0.790. The quantitative estimate of drug-likeness (QED) is 0.748. The van der Waals surface area contributed by atoms with Crippen molar-refractivity contribution >= 4 is 21.6 Å². The van der Waals surface area contributed by atoms with E-state index in [2.05, 4.69) is 21.2 Å². The lowest BCUT2D eigenvalue weighted by Crippen LogP contribution is -2.13. The summed E-state index contributed by atoms with van der Waals surface area (Å²) in [5.74, 6) is 0. The van der Waals surface area contributed by atoms with Gasteiger partial charge >= 0.3 is 6.18 Å². The molecule has 0 unspecified atom stereocenters. The Balaban J connectivity index is 2.54. The molecule has 0 radical (unpaired) electrons. The zero-order valence-electron chi connectivity index (χ0n) is 10.1. The largest absolute Gasteiger partial charge is 0.418 e. The summed E-state index contributed by atoms with van der Waals surface area (Å²) in [6, 6.07) is 3.99. The van der Waals surface area contributed by atoms with Gasteiger partial charge in [0.05, 0.1) is 18.8 Å². The molecule has 0 saturated carbocycles. The van der Waals surface area contributed by atoms with Gasteiger partial charge in [-0.15, -0.1) is 0 Å². The van der Waals surface area contributed by atoms with Crippen molar-refractivity contribution in [1.82, 2.24) is 0 Å². The van der Waals surface area contributed by atoms with Crippen molar-refractivity contribution in [2.75, 3.05) is 31.7 Å². The van der Waals surface area contributed by atoms with Gasteiger partial charge in [0.2, 0.25) is 0 Å². The molecule has 0 fully saturated rings. The third-order valence-corrected chi connectivity index (χ3v) is 2.80. The highest BCUT2D eigenvalue weighted by Gasteiger charge is 2.33. The minimum atomic E-state index is -4.39. The minimum Gasteiger partial charge on any atom is -0.394 e. The summed E-state index contributed by atoms with van der Waals surface area (Å²) in [5, 5.41) is 11.2. The van der Waals surface area contributed by atoms with Crippen LogP contribution in [0.1, 0.15) is 12.0 Å². The number of hydrogen-bond acceptors (Lipinski definition) is 3. The molecule has 7 heteroatoms. The Labute approximate surface area is 117 Å². The predicted molar refractivity (Wildman–Crippen MR) is 70.2 cm³/mol. The van der Waals surface area contributed by atoms with E-state index in [-0.39, 0.29) is 18.9 Å². The summed E-state index contributed by atoms with van der Waals surface area (Å²) in [7, 11) is 0. The molecule has 0 aliphatic heterocycles. The Morgan fingerprint density at radius 2 is 2.00 bits per heavy atom. The first-order valence-electron chi connectivity index (χ1n) is 5.74. The van der Waals surface area contributed by atoms with Gasteiger partial charge in [0, 0.05) is 23.3 Å². The first kappa shape index (κ1) is 16.3. The van der Waals surface area contributed by atoms with Crippen molar-refractivity contribution < 1.29 is 23.0 Å². The normalized spacial score (nSPS) is 11.6. The van der Waals surface area contributed by atoms with Gasteiger partial charge in [-0.2, -0.15) is 13.2 Å². The maximum absolute atomic E-state index is 12.8. The van der Waals surface area contributed by atoms with Crippen LogP contribution in [0.2, 0.25) is 0 Å². The maximum atomic E-state index is 12.8. The Morgan fingerprint density at radius 3 is 2.63 bits per heavy atom. The summed E-state index contributed by atoms with van der Waals surface area (Å²) in [6.45, 7) is 0.950. The third-order valence-electron chi connectivity index (χ3n) is 2.30. The molecule has 0 amide bonds. The molecule has 19 heavy (non-hydrogen) atoms. The highest BCUT2D eigenvalue weighted by atomic mass is 79.9. The van der Waals surface area contributed by atoms with Gasteiger partial charge in [0.15, 0.2) is 0 Å². The average Bonchev–Trinajstić information content (AvgIpc) is 2.34. The lowest BCUT2D eigenvalue weighted by atomic mass is 10.1. The van der Waals surface area contributed by atoms with E-state index in [1.165, 1.54) is 6.07 Å². The van der Waals surface area contributed by atoms with Crippen LogP contribution in [0.3, 0.4) is 0 Å². The summed E-state index contributed by atoms with van der Waals surface area (Å²) in [5.41, 5.74) is -0.643. The van der Waals surface area contributed by atoms with E-state index >= 15 is 0 Å². The number of nitrogens with one attached hydrogen (secondary N) is 1. The van der Waals surface area contributed by atoms with Crippen molar-refractivity contribution in [3.05, 3.63) is 28.2 Å². The maximum Gasteiger partial charge on any atom is 0.418 e. The van der Waals surface area contributed by atoms with Gasteiger partial charge in [-0.1, -0.05) is 15.9 Å². The number of halogens is 4. The molecule has 0 atom stereocenters. The van der Waals surface area contributed by atoms with Crippen molar-refractivity contribution in [2.24, 2.45) is 0 Å². The molecule has 1 aromatic carbocycles. The van der Waals surface area contributed by atoms with E-state index in [9.17, 15) is 13.2 Å². The van der Waals surface area contributed by atoms with Crippen LogP contribution in [-0.2, 0) is 10.9 Å². The number of ether oxygens (including phenoxy) is 1. The second-order valence-corrected chi connectivity index (χ2v) is 4.72. The highest BCUT2D eigenvalue weighted by molar-refractivity contribution is 9.10. The number of rotatable bonds is 7. The average molecular weight is 342 g/mol. The van der Waals surface area contributed by atoms with Gasteiger partial charge in [-0.25, -0.2) is 0 Å². The van der Waals surface area contributed by atoms with E-state index in [0.29, 0.717) is 24.0 Å². The van der Waals surface area contributed by atoms with Crippen LogP contribution in [0.4, 0.5) is 18.9 Å². The fourth-order valence-corrected chi connectivity index (χ4v) is 1.83. The second-order valence-electron chi connectivity index (χ2n) is 3.80. The molecule has 0 bridgehead atoms. The van der Waals surface area contributed by atoms with Gasteiger partial charge in [-0.05, 0) is 24.6 Å². The number of benzene rings is 1. The zero-order valence-corrected chi connectivity index (χ0v) is 11.7. The molecule has 1 rings (SSSR count). The van der Waals surface area contributed by atoms with Crippen molar-refractivity contribution in [1.29, 1.82) is 0 Å². The van der Waals surface area contributed by atoms with Crippen LogP contribution in [0.15, 0.2) is 22.7 Å². The fourth-order valence-electron chi connectivity index (χ4n) is 1.47. The molecule has 0 saturated heterocycles. The number of hydrogen-bond donors (Lipinski definition) is 2. The topological polar surface area (TPSA) is 41.5 Å². The predicted octanol–water partition coefficient (Wildman–Crippen LogP) is 3.28. The van der Waals surface area contributed by atoms with Gasteiger partial charge in [0.1, 0.15) is 0 Å². The standard InChI is InChI=1S/C12H15BrF3NO2/c13-9-2-3-11(10(8-9)12(14,15)16)17-4-1-6-19-7-5-18/h2-3,8,17-18H,1,4-7H2. The molecule has 0 aliphatic rings. The third kappa shape index (κ3) is 5.80. The molecule has 0 aromatic heterocycles. The van der Waals surface area contributed by atoms with Crippen molar-refractivity contribution in [2.45, 2.75) is 12.6 Å². The van der Waals surface area contributed by atoms with E-state index in [1.807, 2.05) is 0 Å². The number of anilines is 1. The van der Waals surface area contributed by atoms with Gasteiger partial charge in [-0.3, -0.25) is 0 Å². The molecular weight excluding hydrogens is 327 g/mol. The molecule has 1 aromatic rings. The molecule has 0 aliphatic carbocycles. The second kappa shape index (κ2) is 7.72. The number of aliphatic hydroxyl groups excluding tert-OH is 1. The minimum absolute atomic E-state index is 0.0536. The first-order valence-corrected chi connectivity index (χ1v) is 6.53. The lowest BCUT2D eigenvalue weighted by molar-refractivity contribution is -0.137. The SMILES string of the molecule is OCCOCCCNc1ccc(Br)cc1C(F)(F)F. The molecule has 3 nitrogen and oxygen atoms in total. The summed E-state index contributed by atoms with van der Waals surface area (Å²) in [4.78, 5) is 0. The van der Waals surface area contributed by atoms with Crippen LogP contribution < -0.4 is 5.32 Å². The van der Waals surface area contributed by atoms with Crippen molar-refractivity contribution in [3.63, 3.8) is 0 Å². The van der Waals surface area contributed by atoms with Crippen LogP contribution in [0.5, 0.6) is 0 Å². The lowest BCUT2D eigenvalue weighted by Gasteiger charge is -2.15. The monoisotopic (exact) mass is 341 g/mol. The smallest absolute Gasteiger partial charge is 0.394 e. The fraction of sp³-hybridized carbons (Fsp3) is 0.500. The summed E-state index contributed by atoms with van der Waals surface area (Å²) >= 11 is 3.03. The first-order chi connectivity index (χ1) is 8.95. The van der Waals surface area contributed by atoms with E-state index in [1.54, 1.807) is 6.07 Å². The van der Waals surface area contributed by atoms with E-state index < -0.39 is 11.7 Å². The van der Waals surface area contributed by atoms with Gasteiger partial charge < -0.3 is 15.2 Å². The molecular formula is C12H15BrF3NO2. The van der Waals surface area contributed by atoms with Crippen molar-refractivity contribution in [3.8, 4) is 0 Å². The summed E-state index contributed by atoms with van der Waals surface area (Å²) < 4.78 is 43.8. The summed E-state index contributed by atoms with van der Waals surface area (Å²) in [6.07, 6.45) is -3.83. The van der Waals surface area contributed by atoms with Crippen LogP contribution in [0.25, 0.3) is 0 Å². The van der Waals surface area contributed by atoms with Gasteiger partial charge in [0.25, 0.3) is 0 Å². The molecule has 0 heterocycles. The van der Waals surface area contributed by atoms with Crippen LogP contribution in [0, 0.1) is 0 Å². The van der Waals surface area contributed by atoms with E-state index in [4.69, 9.17) is 9.84 Å². The highest BCUT2D eigenvalue weighted by Crippen LogP contribution is 2.36. The Morgan fingerprint density at radius 1 is 1.26 bits per heavy atom. The van der Waals surface area contributed by atoms with Crippen LogP contribution in [-0.4, -0.2) is 31.5 Å². The number of alkyl halides is 3. The zero-order chi connectivity index (χ0) is 14.3. The Bertz CT molecular complexity index is 399. The molecule has 0 spiro atoms. The molecule has 108 valence electrons. The Kier molecular flexibility index (Phi) is 6.60. The van der Waals surface area contributed by atoms with Crippen LogP contribution >= 0.6 is 15.9 Å². The molecule has 2 N–H and O–H groups in total. The number of aliphatic hydroxyl groups is 1. The van der Waals surface area contributed by atoms with E-state index in [0.717, 1.165) is 6.07 Å².